The molecule has 15 heavy (non-hydrogen) atoms. The van der Waals surface area contributed by atoms with E-state index in [1.165, 1.54) is 0 Å². The summed E-state index contributed by atoms with van der Waals surface area (Å²) in [6.07, 6.45) is 0. The average molecular weight is 203 g/mol. The summed E-state index contributed by atoms with van der Waals surface area (Å²) in [6.45, 7) is 9.48. The van der Waals surface area contributed by atoms with Crippen LogP contribution < -0.4 is 4.90 Å². The van der Waals surface area contributed by atoms with Crippen molar-refractivity contribution < 1.29 is 4.79 Å². The lowest BCUT2D eigenvalue weighted by Crippen LogP contribution is -2.22. The molecule has 0 saturated heterocycles. The molecule has 0 bridgehead atoms. The number of benzene rings is 1. The molecule has 0 aromatic heterocycles. The Labute approximate surface area is 91.2 Å². The van der Waals surface area contributed by atoms with E-state index in [-0.39, 0.29) is 5.91 Å². The van der Waals surface area contributed by atoms with Gasteiger partial charge in [0.2, 0.25) is 5.91 Å². The summed E-state index contributed by atoms with van der Waals surface area (Å²) in [5, 5.41) is 0. The van der Waals surface area contributed by atoms with E-state index in [0.29, 0.717) is 0 Å². The summed E-state index contributed by atoms with van der Waals surface area (Å²) in [5.74, 6) is 0.0393. The largest absolute Gasteiger partial charge is 0.316 e. The van der Waals surface area contributed by atoms with E-state index in [4.69, 9.17) is 0 Å². The van der Waals surface area contributed by atoms with Gasteiger partial charge in [-0.3, -0.25) is 4.79 Å². The van der Waals surface area contributed by atoms with Crippen LogP contribution in [0.3, 0.4) is 0 Å². The third kappa shape index (κ3) is 2.46. The minimum atomic E-state index is 0.0393. The number of rotatable bonds is 2. The van der Waals surface area contributed by atoms with Gasteiger partial charge in [0.05, 0.1) is 0 Å². The lowest BCUT2D eigenvalue weighted by Gasteiger charge is -2.17. The highest BCUT2D eigenvalue weighted by atomic mass is 16.2. The molecular weight excluding hydrogens is 186 g/mol. The molecule has 1 rings (SSSR count). The summed E-state index contributed by atoms with van der Waals surface area (Å²) in [5.41, 5.74) is 4.26. The zero-order chi connectivity index (χ0) is 11.6. The highest BCUT2D eigenvalue weighted by Crippen LogP contribution is 2.22. The first-order chi connectivity index (χ1) is 6.93. The minimum Gasteiger partial charge on any atom is -0.316 e. The molecule has 1 aromatic rings. The van der Waals surface area contributed by atoms with Crippen molar-refractivity contribution in [3.8, 4) is 0 Å². The fourth-order valence-corrected chi connectivity index (χ4v) is 1.52. The average Bonchev–Trinajstić information content (AvgIpc) is 2.15. The number of carbonyl (C=O) groups excluding carboxylic acids is 1. The van der Waals surface area contributed by atoms with E-state index in [1.807, 2.05) is 32.0 Å². The number of hydrogen-bond donors (Lipinski definition) is 0. The van der Waals surface area contributed by atoms with Crippen molar-refractivity contribution in [3.63, 3.8) is 0 Å². The number of hydrogen-bond acceptors (Lipinski definition) is 1. The molecule has 1 amide bonds. The summed E-state index contributed by atoms with van der Waals surface area (Å²) >= 11 is 0. The van der Waals surface area contributed by atoms with Crippen LogP contribution in [-0.4, -0.2) is 13.0 Å². The summed E-state index contributed by atoms with van der Waals surface area (Å²) in [7, 11) is 1.78. The van der Waals surface area contributed by atoms with Gasteiger partial charge in [-0.2, -0.15) is 0 Å². The van der Waals surface area contributed by atoms with Gasteiger partial charge in [-0.05, 0) is 37.1 Å². The van der Waals surface area contributed by atoms with Gasteiger partial charge in [0, 0.05) is 19.7 Å². The number of aryl methyl sites for hydroxylation is 1. The number of amides is 1. The fraction of sp³-hybridized carbons (Fsp3) is 0.308. The zero-order valence-corrected chi connectivity index (χ0v) is 9.79. The number of carbonyl (C=O) groups is 1. The fourth-order valence-electron chi connectivity index (χ4n) is 1.52. The maximum Gasteiger partial charge on any atom is 0.223 e. The van der Waals surface area contributed by atoms with Crippen molar-refractivity contribution in [1.29, 1.82) is 0 Å². The first kappa shape index (κ1) is 11.5. The first-order valence-electron chi connectivity index (χ1n) is 4.94. The Morgan fingerprint density at radius 2 is 1.93 bits per heavy atom. The molecule has 80 valence electrons. The third-order valence-corrected chi connectivity index (χ3v) is 2.53. The first-order valence-corrected chi connectivity index (χ1v) is 4.94. The Kier molecular flexibility index (Phi) is 3.30. The van der Waals surface area contributed by atoms with Gasteiger partial charge in [-0.1, -0.05) is 18.2 Å². The maximum absolute atomic E-state index is 11.2. The molecule has 0 unspecified atom stereocenters. The van der Waals surface area contributed by atoms with E-state index in [9.17, 15) is 4.79 Å². The molecule has 0 N–H and O–H groups in total. The van der Waals surface area contributed by atoms with Crippen LogP contribution in [0.15, 0.2) is 24.8 Å². The van der Waals surface area contributed by atoms with Crippen LogP contribution >= 0.6 is 0 Å². The van der Waals surface area contributed by atoms with Crippen LogP contribution in [0, 0.1) is 6.92 Å². The summed E-state index contributed by atoms with van der Waals surface area (Å²) in [6, 6.07) is 5.95. The van der Waals surface area contributed by atoms with Crippen LogP contribution in [0.1, 0.15) is 25.0 Å². The van der Waals surface area contributed by atoms with E-state index in [2.05, 4.69) is 6.58 Å². The quantitative estimate of drug-likeness (QED) is 0.723. The topological polar surface area (TPSA) is 20.3 Å². The molecule has 0 aliphatic heterocycles. The number of nitrogens with zero attached hydrogens (tertiary/aromatic N) is 1. The second-order valence-corrected chi connectivity index (χ2v) is 3.86. The SMILES string of the molecule is C=C(C)c1ccc(N(C)C(C)=O)cc1C. The molecule has 0 fully saturated rings. The Morgan fingerprint density at radius 1 is 1.33 bits per heavy atom. The molecule has 0 heterocycles. The van der Waals surface area contributed by atoms with E-state index >= 15 is 0 Å². The van der Waals surface area contributed by atoms with Crippen molar-refractivity contribution in [3.05, 3.63) is 35.9 Å². The van der Waals surface area contributed by atoms with Gasteiger partial charge < -0.3 is 4.90 Å². The lowest BCUT2D eigenvalue weighted by molar-refractivity contribution is -0.116. The smallest absolute Gasteiger partial charge is 0.223 e. The van der Waals surface area contributed by atoms with Crippen LogP contribution in [0.4, 0.5) is 5.69 Å². The normalized spacial score (nSPS) is 9.87. The molecule has 0 saturated carbocycles. The highest BCUT2D eigenvalue weighted by Gasteiger charge is 2.07. The van der Waals surface area contributed by atoms with Gasteiger partial charge in [0.25, 0.3) is 0 Å². The molecule has 0 spiro atoms. The van der Waals surface area contributed by atoms with Gasteiger partial charge in [0.1, 0.15) is 0 Å². The van der Waals surface area contributed by atoms with Crippen LogP contribution in [0.2, 0.25) is 0 Å². The predicted molar refractivity (Wildman–Crippen MR) is 65.0 cm³/mol. The van der Waals surface area contributed by atoms with Crippen LogP contribution in [0.5, 0.6) is 0 Å². The van der Waals surface area contributed by atoms with Gasteiger partial charge in [0.15, 0.2) is 0 Å². The monoisotopic (exact) mass is 203 g/mol. The van der Waals surface area contributed by atoms with E-state index < -0.39 is 0 Å². The van der Waals surface area contributed by atoms with Gasteiger partial charge in [-0.25, -0.2) is 0 Å². The molecule has 0 atom stereocenters. The zero-order valence-electron chi connectivity index (χ0n) is 9.79. The molecule has 0 aliphatic carbocycles. The summed E-state index contributed by atoms with van der Waals surface area (Å²) in [4.78, 5) is 12.8. The van der Waals surface area contributed by atoms with Crippen molar-refractivity contribution in [2.24, 2.45) is 0 Å². The molecule has 1 aromatic carbocycles. The minimum absolute atomic E-state index is 0.0393. The highest BCUT2D eigenvalue weighted by molar-refractivity contribution is 5.91. The molecule has 0 radical (unpaired) electrons. The van der Waals surface area contributed by atoms with Crippen molar-refractivity contribution in [1.82, 2.24) is 0 Å². The third-order valence-electron chi connectivity index (χ3n) is 2.53. The van der Waals surface area contributed by atoms with Crippen LogP contribution in [0.25, 0.3) is 5.57 Å². The second kappa shape index (κ2) is 4.30. The Hall–Kier alpha value is -1.57. The maximum atomic E-state index is 11.2. The Morgan fingerprint density at radius 3 is 2.33 bits per heavy atom. The molecule has 2 nitrogen and oxygen atoms in total. The van der Waals surface area contributed by atoms with Crippen molar-refractivity contribution in [2.75, 3.05) is 11.9 Å². The van der Waals surface area contributed by atoms with Gasteiger partial charge in [-0.15, -0.1) is 0 Å². The van der Waals surface area contributed by atoms with Crippen LogP contribution in [-0.2, 0) is 4.79 Å². The second-order valence-electron chi connectivity index (χ2n) is 3.86. The Balaban J connectivity index is 3.12. The summed E-state index contributed by atoms with van der Waals surface area (Å²) < 4.78 is 0. The number of allylic oxidation sites excluding steroid dienone is 1. The van der Waals surface area contributed by atoms with Gasteiger partial charge >= 0.3 is 0 Å². The standard InChI is InChI=1S/C13H17NO/c1-9(2)13-7-6-12(8-10(13)3)14(5)11(4)15/h6-8H,1H2,2-5H3. The number of anilines is 1. The van der Waals surface area contributed by atoms with Crippen molar-refractivity contribution in [2.45, 2.75) is 20.8 Å². The predicted octanol–water partition coefficient (Wildman–Crippen LogP) is 3.01. The van der Waals surface area contributed by atoms with E-state index in [1.54, 1.807) is 18.9 Å². The van der Waals surface area contributed by atoms with E-state index in [0.717, 1.165) is 22.4 Å². The molecule has 2 heteroatoms. The Bertz CT molecular complexity index is 407. The van der Waals surface area contributed by atoms with Crippen molar-refractivity contribution >= 4 is 17.2 Å². The molecular formula is C13H17NO. The molecule has 0 aliphatic rings. The lowest BCUT2D eigenvalue weighted by atomic mass is 10.0.